The van der Waals surface area contributed by atoms with E-state index in [2.05, 4.69) is 51.6 Å². The molecule has 228 valence electrons. The Kier molecular flexibility index (Phi) is 43.4. The monoisotopic (exact) mass is 905 g/mol. The van der Waals surface area contributed by atoms with Crippen molar-refractivity contribution in [2.45, 2.75) is 82.1 Å². The van der Waals surface area contributed by atoms with Crippen LogP contribution in [0.3, 0.4) is 0 Å². The quantitative estimate of drug-likeness (QED) is 0.189. The second-order valence-corrected chi connectivity index (χ2v) is 6.52. The Labute approximate surface area is 272 Å². The third-order valence-corrected chi connectivity index (χ3v) is 4.08. The van der Waals surface area contributed by atoms with Gasteiger partial charge < -0.3 is 14.5 Å². The third kappa shape index (κ3) is 24.7. The van der Waals surface area contributed by atoms with Gasteiger partial charge in [-0.1, -0.05) is 105 Å². The van der Waals surface area contributed by atoms with Crippen molar-refractivity contribution in [3.05, 3.63) is 115 Å². The van der Waals surface area contributed by atoms with Gasteiger partial charge in [-0.2, -0.15) is 18.2 Å². The van der Waals surface area contributed by atoms with Gasteiger partial charge in [0, 0.05) is 59.5 Å². The molecule has 4 nitrogen and oxygen atoms in total. The maximum absolute atomic E-state index is 8.59. The molecule has 40 heavy (non-hydrogen) atoms. The minimum atomic E-state index is 0. The first-order chi connectivity index (χ1) is 18.6. The first kappa shape index (κ1) is 47.4. The van der Waals surface area contributed by atoms with Crippen molar-refractivity contribution in [2.75, 3.05) is 0 Å². The molecule has 0 unspecified atom stereocenters. The summed E-state index contributed by atoms with van der Waals surface area (Å²) in [5, 5.41) is 8.59. The van der Waals surface area contributed by atoms with Crippen LogP contribution in [0.25, 0.3) is 11.1 Å². The Morgan fingerprint density at radius 2 is 1.40 bits per heavy atom. The number of carbonyl (C=O) groups excluding carboxylic acids is 1. The van der Waals surface area contributed by atoms with Gasteiger partial charge in [0.05, 0.1) is 5.69 Å². The SMILES string of the molecule is C1=CCC(c2ccccn2)=C1.C=[O+][C-](C)/C=C(/C)O.CC.CC.CC.CC.[C-]1=C(c2ccccn2)CC=C1.[Ir].[Ir]. The maximum Gasteiger partial charge on any atom is 0.217 e. The third-order valence-electron chi connectivity index (χ3n) is 4.08. The second-order valence-electron chi connectivity index (χ2n) is 6.52. The Morgan fingerprint density at radius 1 is 0.875 bits per heavy atom. The van der Waals surface area contributed by atoms with Crippen LogP contribution in [-0.2, 0) is 44.6 Å². The molecule has 1 N–H and O–H groups in total. The first-order valence-electron chi connectivity index (χ1n) is 13.7. The van der Waals surface area contributed by atoms with Crippen LogP contribution in [0.15, 0.2) is 91.0 Å². The Morgan fingerprint density at radius 3 is 1.73 bits per heavy atom. The van der Waals surface area contributed by atoms with Crippen molar-refractivity contribution in [2.24, 2.45) is 0 Å². The zero-order valence-corrected chi connectivity index (χ0v) is 30.9. The number of nitrogens with zero attached hydrogens (tertiary/aromatic N) is 2. The predicted octanol–water partition coefficient (Wildman–Crippen LogP) is 10.1. The molecule has 0 bridgehead atoms. The molecule has 0 fully saturated rings. The molecule has 0 saturated carbocycles. The molecule has 0 spiro atoms. The van der Waals surface area contributed by atoms with Crippen LogP contribution < -0.4 is 0 Å². The van der Waals surface area contributed by atoms with Crippen LogP contribution in [-0.4, -0.2) is 21.9 Å². The maximum atomic E-state index is 8.59. The van der Waals surface area contributed by atoms with E-state index < -0.39 is 0 Å². The summed E-state index contributed by atoms with van der Waals surface area (Å²) >= 11 is 0. The van der Waals surface area contributed by atoms with Gasteiger partial charge in [0.2, 0.25) is 6.10 Å². The fourth-order valence-corrected chi connectivity index (χ4v) is 2.64. The van der Waals surface area contributed by atoms with E-state index in [9.17, 15) is 0 Å². The molecule has 4 rings (SSSR count). The number of pyridine rings is 2. The zero-order valence-electron chi connectivity index (χ0n) is 26.1. The van der Waals surface area contributed by atoms with Crippen LogP contribution in [0.4, 0.5) is 0 Å². The predicted molar refractivity (Wildman–Crippen MR) is 168 cm³/mol. The van der Waals surface area contributed by atoms with Crippen LogP contribution in [0, 0.1) is 12.2 Å². The summed E-state index contributed by atoms with van der Waals surface area (Å²) in [5.74, 6) is 0.228. The number of hydrogen-bond acceptors (Lipinski definition) is 3. The summed E-state index contributed by atoms with van der Waals surface area (Å²) < 4.78 is 4.49. The first-order valence-corrected chi connectivity index (χ1v) is 13.7. The minimum Gasteiger partial charge on any atom is -0.569 e. The van der Waals surface area contributed by atoms with Crippen molar-refractivity contribution in [3.63, 3.8) is 0 Å². The van der Waals surface area contributed by atoms with Gasteiger partial charge in [0.15, 0.2) is 6.79 Å². The number of rotatable bonds is 4. The number of aromatic nitrogens is 2. The standard InChI is InChI=1S/C10H9N.C10H8N.C6H10O2.4C2H6.2Ir/c2*1-2-6-9(5-1)10-7-3-4-8-11-10;1-5(7)4-6(2)8-3;4*1-2;;/h1-5,7-8H,6H2;1-4,7-8H,5H2;4,7H,3H2,1-2H3;4*1-2H3;;/q;-1;;;;;;;/b;;5-4-;;;;;;. The molecule has 0 aliphatic heterocycles. The zero-order chi connectivity index (χ0) is 29.6. The van der Waals surface area contributed by atoms with Gasteiger partial charge >= 0.3 is 0 Å². The van der Waals surface area contributed by atoms with Gasteiger partial charge in [0.25, 0.3) is 0 Å². The van der Waals surface area contributed by atoms with Crippen LogP contribution in [0.5, 0.6) is 0 Å². The van der Waals surface area contributed by atoms with E-state index in [1.54, 1.807) is 13.8 Å². The van der Waals surface area contributed by atoms with Crippen molar-refractivity contribution in [1.82, 2.24) is 9.97 Å². The normalized spacial score (nSPS) is 11.1. The molecule has 6 heteroatoms. The number of hydrogen-bond donors (Lipinski definition) is 1. The summed E-state index contributed by atoms with van der Waals surface area (Å²) in [6.45, 7) is 22.4. The van der Waals surface area contributed by atoms with E-state index in [0.29, 0.717) is 6.10 Å². The van der Waals surface area contributed by atoms with Gasteiger partial charge in [-0.15, -0.1) is 5.57 Å². The fourth-order valence-electron chi connectivity index (χ4n) is 2.64. The van der Waals surface area contributed by atoms with Gasteiger partial charge in [-0.3, -0.25) is 4.98 Å². The fraction of sp³-hybridized carbons (Fsp3) is 0.353. The van der Waals surface area contributed by atoms with E-state index in [-0.39, 0.29) is 46.0 Å². The topological polar surface area (TPSA) is 57.3 Å². The summed E-state index contributed by atoms with van der Waals surface area (Å²) in [6.07, 6.45) is 21.2. The average Bonchev–Trinajstić information content (AvgIpc) is 3.74. The number of aliphatic hydroxyl groups is 1. The Balaban J connectivity index is -0.000000134. The molecule has 0 atom stereocenters. The molecule has 0 amide bonds. The van der Waals surface area contributed by atoms with E-state index >= 15 is 0 Å². The second kappa shape index (κ2) is 36.6. The molecular weight excluding hydrogens is 853 g/mol. The van der Waals surface area contributed by atoms with Crippen molar-refractivity contribution in [1.29, 1.82) is 0 Å². The molecule has 2 aliphatic rings. The summed E-state index contributed by atoms with van der Waals surface area (Å²) in [4.78, 5) is 8.47. The largest absolute Gasteiger partial charge is 0.569 e. The minimum absolute atomic E-state index is 0. The van der Waals surface area contributed by atoms with Crippen molar-refractivity contribution in [3.8, 4) is 0 Å². The van der Waals surface area contributed by atoms with Crippen LogP contribution in [0.1, 0.15) is 93.5 Å². The van der Waals surface area contributed by atoms with E-state index in [0.717, 1.165) is 24.2 Å². The molecule has 2 aliphatic carbocycles. The van der Waals surface area contributed by atoms with Crippen molar-refractivity contribution < 1.29 is 49.7 Å². The van der Waals surface area contributed by atoms with E-state index in [1.807, 2.05) is 110 Å². The van der Waals surface area contributed by atoms with E-state index in [4.69, 9.17) is 5.11 Å². The number of aliphatic hydroxyl groups excluding tert-OH is 1. The number of allylic oxidation sites excluding steroid dienone is 9. The van der Waals surface area contributed by atoms with Gasteiger partial charge in [-0.05, 0) is 47.7 Å². The molecule has 2 radical (unpaired) electrons. The van der Waals surface area contributed by atoms with Crippen LogP contribution >= 0.6 is 0 Å². The molecule has 0 aromatic carbocycles. The molecule has 2 aromatic rings. The molecule has 0 saturated heterocycles. The molecule has 2 heterocycles. The smallest absolute Gasteiger partial charge is 0.217 e. The average molecular weight is 904 g/mol. The van der Waals surface area contributed by atoms with Gasteiger partial charge in [0.1, 0.15) is 0 Å². The van der Waals surface area contributed by atoms with Gasteiger partial charge in [-0.25, -0.2) is 0 Å². The summed E-state index contributed by atoms with van der Waals surface area (Å²) in [6, 6.07) is 11.9. The summed E-state index contributed by atoms with van der Waals surface area (Å²) in [5.41, 5.74) is 4.63. The Bertz CT molecular complexity index is 883. The van der Waals surface area contributed by atoms with Crippen molar-refractivity contribution >= 4 is 17.9 Å². The Hall–Kier alpha value is -2.36. The van der Waals surface area contributed by atoms with E-state index in [1.165, 1.54) is 17.2 Å². The van der Waals surface area contributed by atoms with Crippen LogP contribution in [0.2, 0.25) is 0 Å². The summed E-state index contributed by atoms with van der Waals surface area (Å²) in [7, 11) is 0. The molecular formula is C34H51Ir2N2O2-. The molecule has 2 aromatic heterocycles.